The molecule has 1 rings (SSSR count). The molecule has 0 aliphatic carbocycles. The van der Waals surface area contributed by atoms with E-state index in [4.69, 9.17) is 33.2 Å². The summed E-state index contributed by atoms with van der Waals surface area (Å²) < 4.78 is 0. The van der Waals surface area contributed by atoms with Crippen LogP contribution in [0.1, 0.15) is 10.4 Å². The van der Waals surface area contributed by atoms with Crippen LogP contribution < -0.4 is 5.46 Å². The summed E-state index contributed by atoms with van der Waals surface area (Å²) in [5, 5.41) is 17.1. The van der Waals surface area contributed by atoms with E-state index >= 15 is 0 Å². The minimum atomic E-state index is -1.66. The summed E-state index contributed by atoms with van der Waals surface area (Å²) in [5.74, 6) is 0. The zero-order chi connectivity index (χ0) is 10.0. The lowest BCUT2D eigenvalue weighted by Gasteiger charge is -2.01. The normalized spacial score (nSPS) is 9.85. The Morgan fingerprint density at radius 2 is 1.92 bits per heavy atom. The molecular weight excluding hydrogens is 214 g/mol. The Morgan fingerprint density at radius 3 is 2.38 bits per heavy atom. The van der Waals surface area contributed by atoms with Crippen molar-refractivity contribution < 1.29 is 14.8 Å². The molecule has 0 heterocycles. The fraction of sp³-hybridized carbons (Fsp3) is 0. The van der Waals surface area contributed by atoms with E-state index in [1.165, 1.54) is 18.2 Å². The minimum absolute atomic E-state index is 0.136. The first-order valence-corrected chi connectivity index (χ1v) is 4.13. The van der Waals surface area contributed by atoms with Crippen LogP contribution in [0.2, 0.25) is 5.02 Å². The Kier molecular flexibility index (Phi) is 3.33. The predicted octanol–water partition coefficient (Wildman–Crippen LogP) is 0.399. The molecule has 0 saturated carbocycles. The quantitative estimate of drug-likeness (QED) is 0.558. The van der Waals surface area contributed by atoms with Gasteiger partial charge in [0.25, 0.3) is 5.24 Å². The van der Waals surface area contributed by atoms with Crippen LogP contribution in [0.3, 0.4) is 0 Å². The van der Waals surface area contributed by atoms with Gasteiger partial charge in [0, 0.05) is 10.6 Å². The predicted molar refractivity (Wildman–Crippen MR) is 51.5 cm³/mol. The fourth-order valence-electron chi connectivity index (χ4n) is 0.875. The summed E-state index contributed by atoms with van der Waals surface area (Å²) in [6, 6.07) is 3.96. The van der Waals surface area contributed by atoms with Crippen LogP contribution in [0.15, 0.2) is 18.2 Å². The molecular formula is C7H5BCl2O3. The van der Waals surface area contributed by atoms with Crippen molar-refractivity contribution in [3.05, 3.63) is 28.8 Å². The Bertz CT molecular complexity index is 341. The van der Waals surface area contributed by atoms with Crippen LogP contribution in [0.5, 0.6) is 0 Å². The van der Waals surface area contributed by atoms with E-state index in [0.29, 0.717) is 0 Å². The summed E-state index contributed by atoms with van der Waals surface area (Å²) in [6.07, 6.45) is 0. The topological polar surface area (TPSA) is 57.5 Å². The van der Waals surface area contributed by atoms with Crippen molar-refractivity contribution >= 4 is 41.0 Å². The molecule has 0 unspecified atom stereocenters. The van der Waals surface area contributed by atoms with Gasteiger partial charge in [0.05, 0.1) is 0 Å². The summed E-state index contributed by atoms with van der Waals surface area (Å²) in [7, 11) is -1.66. The molecule has 0 fully saturated rings. The lowest BCUT2D eigenvalue weighted by molar-refractivity contribution is 0.108. The molecule has 0 spiro atoms. The highest BCUT2D eigenvalue weighted by atomic mass is 35.5. The number of carbonyl (C=O) groups is 1. The zero-order valence-electron chi connectivity index (χ0n) is 6.37. The van der Waals surface area contributed by atoms with Crippen LogP contribution >= 0.6 is 23.2 Å². The standard InChI is InChI=1S/C7H5BCl2O3/c9-6-2-4(7(10)11)1-5(3-6)8(12)13/h1-3,12-13H. The lowest BCUT2D eigenvalue weighted by atomic mass is 9.80. The highest BCUT2D eigenvalue weighted by molar-refractivity contribution is 6.68. The smallest absolute Gasteiger partial charge is 0.423 e. The number of hydrogen-bond acceptors (Lipinski definition) is 3. The van der Waals surface area contributed by atoms with Crippen molar-refractivity contribution in [3.8, 4) is 0 Å². The molecule has 0 bridgehead atoms. The first kappa shape index (κ1) is 10.5. The molecule has 0 atom stereocenters. The van der Waals surface area contributed by atoms with Gasteiger partial charge in [-0.25, -0.2) is 0 Å². The monoisotopic (exact) mass is 218 g/mol. The van der Waals surface area contributed by atoms with Crippen molar-refractivity contribution in [2.75, 3.05) is 0 Å². The van der Waals surface area contributed by atoms with Crippen molar-refractivity contribution in [2.24, 2.45) is 0 Å². The third kappa shape index (κ3) is 2.71. The van der Waals surface area contributed by atoms with Gasteiger partial charge >= 0.3 is 7.12 Å². The maximum absolute atomic E-state index is 10.7. The third-order valence-electron chi connectivity index (χ3n) is 1.45. The summed E-state index contributed by atoms with van der Waals surface area (Å²) in [6.45, 7) is 0. The van der Waals surface area contributed by atoms with E-state index in [1.807, 2.05) is 0 Å². The maximum atomic E-state index is 10.7. The first-order chi connectivity index (χ1) is 6.00. The average Bonchev–Trinajstić information content (AvgIpc) is 2.03. The molecule has 3 nitrogen and oxygen atoms in total. The maximum Gasteiger partial charge on any atom is 0.488 e. The summed E-state index contributed by atoms with van der Waals surface area (Å²) in [5.41, 5.74) is 0.272. The van der Waals surface area contributed by atoms with Gasteiger partial charge < -0.3 is 10.0 Å². The van der Waals surface area contributed by atoms with Crippen LogP contribution in [0.4, 0.5) is 0 Å². The van der Waals surface area contributed by atoms with E-state index in [2.05, 4.69) is 0 Å². The molecule has 0 radical (unpaired) electrons. The highest BCUT2D eigenvalue weighted by Crippen LogP contribution is 2.11. The first-order valence-electron chi connectivity index (χ1n) is 3.37. The van der Waals surface area contributed by atoms with Crippen molar-refractivity contribution in [1.82, 2.24) is 0 Å². The van der Waals surface area contributed by atoms with Crippen LogP contribution in [-0.2, 0) is 0 Å². The zero-order valence-corrected chi connectivity index (χ0v) is 7.88. The number of hydrogen-bond donors (Lipinski definition) is 2. The molecule has 0 aliphatic heterocycles. The number of carbonyl (C=O) groups excluding carboxylic acids is 1. The van der Waals surface area contributed by atoms with Gasteiger partial charge in [-0.3, -0.25) is 4.79 Å². The molecule has 0 saturated heterocycles. The van der Waals surface area contributed by atoms with E-state index in [-0.39, 0.29) is 16.0 Å². The SMILES string of the molecule is O=C(Cl)c1cc(Cl)cc(B(O)O)c1. The molecule has 6 heteroatoms. The highest BCUT2D eigenvalue weighted by Gasteiger charge is 2.14. The van der Waals surface area contributed by atoms with Gasteiger partial charge in [0.2, 0.25) is 0 Å². The van der Waals surface area contributed by atoms with Crippen LogP contribution in [-0.4, -0.2) is 22.4 Å². The third-order valence-corrected chi connectivity index (χ3v) is 1.88. The van der Waals surface area contributed by atoms with Gasteiger partial charge in [-0.2, -0.15) is 0 Å². The number of rotatable bonds is 2. The van der Waals surface area contributed by atoms with E-state index < -0.39 is 12.4 Å². The molecule has 0 aliphatic rings. The second kappa shape index (κ2) is 4.11. The number of benzene rings is 1. The lowest BCUT2D eigenvalue weighted by Crippen LogP contribution is -2.30. The van der Waals surface area contributed by atoms with Crippen molar-refractivity contribution in [3.63, 3.8) is 0 Å². The molecule has 0 aromatic heterocycles. The van der Waals surface area contributed by atoms with Gasteiger partial charge in [0.15, 0.2) is 0 Å². The van der Waals surface area contributed by atoms with Crippen molar-refractivity contribution in [1.29, 1.82) is 0 Å². The van der Waals surface area contributed by atoms with E-state index in [1.54, 1.807) is 0 Å². The van der Waals surface area contributed by atoms with E-state index in [0.717, 1.165) is 0 Å². The Morgan fingerprint density at radius 1 is 1.31 bits per heavy atom. The summed E-state index contributed by atoms with van der Waals surface area (Å²) in [4.78, 5) is 10.7. The largest absolute Gasteiger partial charge is 0.488 e. The van der Waals surface area contributed by atoms with E-state index in [9.17, 15) is 4.79 Å². The van der Waals surface area contributed by atoms with Crippen LogP contribution in [0, 0.1) is 0 Å². The fourth-order valence-corrected chi connectivity index (χ4v) is 1.23. The molecule has 13 heavy (non-hydrogen) atoms. The second-order valence-corrected chi connectivity index (χ2v) is 3.20. The average molecular weight is 219 g/mol. The molecule has 1 aromatic carbocycles. The molecule has 0 amide bonds. The summed E-state index contributed by atoms with van der Waals surface area (Å²) >= 11 is 10.8. The van der Waals surface area contributed by atoms with Gasteiger partial charge in [-0.15, -0.1) is 0 Å². The number of halogens is 2. The molecule has 68 valence electrons. The Balaban J connectivity index is 3.19. The van der Waals surface area contributed by atoms with Gasteiger partial charge in [-0.05, 0) is 29.2 Å². The van der Waals surface area contributed by atoms with Crippen molar-refractivity contribution in [2.45, 2.75) is 0 Å². The Hall–Kier alpha value is -0.545. The minimum Gasteiger partial charge on any atom is -0.423 e. The van der Waals surface area contributed by atoms with Gasteiger partial charge in [0.1, 0.15) is 0 Å². The molecule has 1 aromatic rings. The van der Waals surface area contributed by atoms with Crippen LogP contribution in [0.25, 0.3) is 0 Å². The van der Waals surface area contributed by atoms with Gasteiger partial charge in [-0.1, -0.05) is 17.7 Å². The Labute approximate surface area is 85.0 Å². The second-order valence-electron chi connectivity index (χ2n) is 2.42. The molecule has 2 N–H and O–H groups in total.